The van der Waals surface area contributed by atoms with Gasteiger partial charge in [-0.25, -0.2) is 13.4 Å². The largest absolute Gasteiger partial charge is 0.306 e. The Labute approximate surface area is 184 Å². The third kappa shape index (κ3) is 3.85. The van der Waals surface area contributed by atoms with Crippen molar-refractivity contribution in [3.8, 4) is 16.8 Å². The summed E-state index contributed by atoms with van der Waals surface area (Å²) in [6.45, 7) is 1.92. The van der Waals surface area contributed by atoms with E-state index >= 15 is 0 Å². The van der Waals surface area contributed by atoms with E-state index in [1.165, 1.54) is 4.70 Å². The van der Waals surface area contributed by atoms with Crippen LogP contribution < -0.4 is 4.72 Å². The summed E-state index contributed by atoms with van der Waals surface area (Å²) in [6.07, 6.45) is 3.65. The van der Waals surface area contributed by atoms with Crippen LogP contribution in [0.3, 0.4) is 0 Å². The van der Waals surface area contributed by atoms with Crippen molar-refractivity contribution in [1.29, 1.82) is 0 Å². The van der Waals surface area contributed by atoms with Crippen molar-refractivity contribution in [2.45, 2.75) is 11.8 Å². The van der Waals surface area contributed by atoms with Crippen LogP contribution in [0.15, 0.2) is 95.6 Å². The van der Waals surface area contributed by atoms with Crippen LogP contribution in [0.25, 0.3) is 26.9 Å². The molecule has 5 rings (SSSR count). The molecule has 31 heavy (non-hydrogen) atoms. The molecule has 1 N–H and O–H groups in total. The molecule has 0 amide bonds. The molecule has 154 valence electrons. The molecule has 2 aromatic heterocycles. The zero-order valence-electron chi connectivity index (χ0n) is 16.7. The predicted molar refractivity (Wildman–Crippen MR) is 126 cm³/mol. The van der Waals surface area contributed by atoms with E-state index in [2.05, 4.69) is 27.2 Å². The second-order valence-electron chi connectivity index (χ2n) is 7.25. The summed E-state index contributed by atoms with van der Waals surface area (Å²) in [5, 5.41) is 3.20. The fourth-order valence-corrected chi connectivity index (χ4v) is 5.58. The molecule has 0 radical (unpaired) electrons. The molecule has 0 saturated heterocycles. The number of thiophene rings is 1. The topological polar surface area (TPSA) is 64.0 Å². The Morgan fingerprint density at radius 3 is 2.55 bits per heavy atom. The van der Waals surface area contributed by atoms with Crippen LogP contribution in [-0.2, 0) is 10.0 Å². The minimum absolute atomic E-state index is 0.231. The van der Waals surface area contributed by atoms with Crippen LogP contribution in [-0.4, -0.2) is 18.0 Å². The number of benzene rings is 3. The molecule has 0 fully saturated rings. The van der Waals surface area contributed by atoms with Gasteiger partial charge in [0.25, 0.3) is 10.0 Å². The van der Waals surface area contributed by atoms with Gasteiger partial charge >= 0.3 is 0 Å². The number of hydrogen-bond acceptors (Lipinski definition) is 4. The van der Waals surface area contributed by atoms with Crippen LogP contribution in [0.1, 0.15) is 5.69 Å². The molecule has 0 bridgehead atoms. The lowest BCUT2D eigenvalue weighted by Crippen LogP contribution is -2.13. The van der Waals surface area contributed by atoms with E-state index in [0.717, 1.165) is 27.9 Å². The average molecular weight is 446 g/mol. The summed E-state index contributed by atoms with van der Waals surface area (Å²) >= 11 is 1.65. The number of aryl methyl sites for hydroxylation is 1. The number of sulfonamides is 1. The first-order valence-electron chi connectivity index (χ1n) is 9.70. The fraction of sp³-hybridized carbons (Fsp3) is 0.0417. The van der Waals surface area contributed by atoms with E-state index in [1.54, 1.807) is 48.0 Å². The highest BCUT2D eigenvalue weighted by Gasteiger charge is 2.16. The van der Waals surface area contributed by atoms with E-state index in [1.807, 2.05) is 48.0 Å². The lowest BCUT2D eigenvalue weighted by atomic mass is 10.1. The SMILES string of the molecule is Cc1cn(-c2ccc(NS(=O)(=O)c3cccc(-c4csc5ccccc45)c3)cc2)cn1. The Morgan fingerprint density at radius 2 is 1.77 bits per heavy atom. The molecule has 5 nitrogen and oxygen atoms in total. The maximum absolute atomic E-state index is 13.0. The van der Waals surface area contributed by atoms with Crippen LogP contribution in [0.4, 0.5) is 5.69 Å². The third-order valence-corrected chi connectivity index (χ3v) is 7.41. The Bertz CT molecular complexity index is 1480. The maximum atomic E-state index is 13.0. The number of nitrogens with one attached hydrogen (secondary N) is 1. The number of anilines is 1. The molecule has 0 unspecified atom stereocenters. The minimum atomic E-state index is -3.72. The highest BCUT2D eigenvalue weighted by molar-refractivity contribution is 7.92. The molecule has 7 heteroatoms. The van der Waals surface area contributed by atoms with Crippen LogP contribution in [0, 0.1) is 6.92 Å². The zero-order chi connectivity index (χ0) is 21.4. The highest BCUT2D eigenvalue weighted by atomic mass is 32.2. The highest BCUT2D eigenvalue weighted by Crippen LogP contribution is 2.34. The van der Waals surface area contributed by atoms with Crippen LogP contribution in [0.2, 0.25) is 0 Å². The van der Waals surface area contributed by atoms with Crippen molar-refractivity contribution in [1.82, 2.24) is 9.55 Å². The number of rotatable bonds is 5. The van der Waals surface area contributed by atoms with Crippen molar-refractivity contribution >= 4 is 37.1 Å². The Hall–Kier alpha value is -3.42. The number of aromatic nitrogens is 2. The predicted octanol–water partition coefficient (Wildman–Crippen LogP) is 5.86. The van der Waals surface area contributed by atoms with E-state index < -0.39 is 10.0 Å². The summed E-state index contributed by atoms with van der Waals surface area (Å²) < 4.78 is 31.8. The molecule has 5 aromatic rings. The first-order valence-corrected chi connectivity index (χ1v) is 12.1. The standard InChI is InChI=1S/C24H19N3O2S2/c1-17-14-27(16-25-17)20-11-9-19(10-12-20)26-31(28,29)21-6-4-5-18(13-21)23-15-30-24-8-3-2-7-22(23)24/h2-16,26H,1H3. The maximum Gasteiger partial charge on any atom is 0.261 e. The van der Waals surface area contributed by atoms with Gasteiger partial charge < -0.3 is 4.57 Å². The second kappa shape index (κ2) is 7.68. The van der Waals surface area contributed by atoms with E-state index in [4.69, 9.17) is 0 Å². The van der Waals surface area contributed by atoms with Crippen molar-refractivity contribution in [3.63, 3.8) is 0 Å². The van der Waals surface area contributed by atoms with E-state index in [-0.39, 0.29) is 4.90 Å². The van der Waals surface area contributed by atoms with Gasteiger partial charge in [-0.1, -0.05) is 30.3 Å². The summed E-state index contributed by atoms with van der Waals surface area (Å²) in [6, 6.07) is 22.4. The van der Waals surface area contributed by atoms with E-state index in [9.17, 15) is 8.42 Å². The summed E-state index contributed by atoms with van der Waals surface area (Å²) in [5.41, 5.74) is 4.26. The van der Waals surface area contributed by atoms with Gasteiger partial charge in [0.15, 0.2) is 0 Å². The summed E-state index contributed by atoms with van der Waals surface area (Å²) in [5.74, 6) is 0. The average Bonchev–Trinajstić information content (AvgIpc) is 3.40. The van der Waals surface area contributed by atoms with Gasteiger partial charge in [0.05, 0.1) is 16.9 Å². The molecule has 0 spiro atoms. The molecule has 2 heterocycles. The number of hydrogen-bond donors (Lipinski definition) is 1. The van der Waals surface area contributed by atoms with Crippen molar-refractivity contribution in [2.24, 2.45) is 0 Å². The summed E-state index contributed by atoms with van der Waals surface area (Å²) in [4.78, 5) is 4.45. The Morgan fingerprint density at radius 1 is 0.968 bits per heavy atom. The third-order valence-electron chi connectivity index (χ3n) is 5.07. The first-order chi connectivity index (χ1) is 15.0. The zero-order valence-corrected chi connectivity index (χ0v) is 18.3. The summed E-state index contributed by atoms with van der Waals surface area (Å²) in [7, 11) is -3.72. The van der Waals surface area contributed by atoms with Gasteiger partial charge in [-0.3, -0.25) is 4.72 Å². The minimum Gasteiger partial charge on any atom is -0.306 e. The smallest absolute Gasteiger partial charge is 0.261 e. The second-order valence-corrected chi connectivity index (χ2v) is 9.84. The molecule has 0 aliphatic rings. The Balaban J connectivity index is 1.43. The van der Waals surface area contributed by atoms with Crippen LogP contribution >= 0.6 is 11.3 Å². The number of nitrogens with zero attached hydrogens (tertiary/aromatic N) is 2. The van der Waals surface area contributed by atoms with Crippen LogP contribution in [0.5, 0.6) is 0 Å². The molecular formula is C24H19N3O2S2. The van der Waals surface area contributed by atoms with Gasteiger partial charge in [-0.2, -0.15) is 0 Å². The lowest BCUT2D eigenvalue weighted by Gasteiger charge is -2.10. The fourth-order valence-electron chi connectivity index (χ4n) is 3.51. The molecule has 0 aliphatic carbocycles. The number of fused-ring (bicyclic) bond motifs is 1. The molecule has 0 atom stereocenters. The molecule has 0 aliphatic heterocycles. The van der Waals surface area contributed by atoms with Gasteiger partial charge in [0.2, 0.25) is 0 Å². The van der Waals surface area contributed by atoms with Crippen molar-refractivity contribution in [3.05, 3.63) is 96.4 Å². The molecule has 3 aromatic carbocycles. The monoisotopic (exact) mass is 445 g/mol. The Kier molecular flexibility index (Phi) is 4.84. The molecule has 0 saturated carbocycles. The van der Waals surface area contributed by atoms with Gasteiger partial charge in [0, 0.05) is 33.2 Å². The number of imidazole rings is 1. The van der Waals surface area contributed by atoms with Gasteiger partial charge in [-0.05, 0) is 60.3 Å². The lowest BCUT2D eigenvalue weighted by molar-refractivity contribution is 0.601. The van der Waals surface area contributed by atoms with E-state index in [0.29, 0.717) is 5.69 Å². The van der Waals surface area contributed by atoms with Gasteiger partial charge in [0.1, 0.15) is 0 Å². The van der Waals surface area contributed by atoms with Crippen molar-refractivity contribution in [2.75, 3.05) is 4.72 Å². The molecular weight excluding hydrogens is 426 g/mol. The normalized spacial score (nSPS) is 11.6. The quantitative estimate of drug-likeness (QED) is 0.368. The van der Waals surface area contributed by atoms with Gasteiger partial charge in [-0.15, -0.1) is 11.3 Å². The van der Waals surface area contributed by atoms with Crippen molar-refractivity contribution < 1.29 is 8.42 Å². The first kappa shape index (κ1) is 19.5.